The molecule has 0 saturated carbocycles. The molecule has 1 heterocycles. The fourth-order valence-electron chi connectivity index (χ4n) is 1.74. The van der Waals surface area contributed by atoms with Crippen LogP contribution >= 0.6 is 0 Å². The van der Waals surface area contributed by atoms with Gasteiger partial charge in [0.25, 0.3) is 0 Å². The molecule has 2 N–H and O–H groups in total. The molecule has 0 unspecified atom stereocenters. The van der Waals surface area contributed by atoms with Gasteiger partial charge < -0.3 is 19.7 Å². The van der Waals surface area contributed by atoms with Crippen molar-refractivity contribution in [1.82, 2.24) is 9.47 Å². The van der Waals surface area contributed by atoms with Gasteiger partial charge in [-0.2, -0.15) is 0 Å². The predicted molar refractivity (Wildman–Crippen MR) is 65.3 cm³/mol. The summed E-state index contributed by atoms with van der Waals surface area (Å²) in [7, 11) is 0. The second-order valence-electron chi connectivity index (χ2n) is 3.93. The van der Waals surface area contributed by atoms with Gasteiger partial charge in [0.05, 0.1) is 6.61 Å². The average molecular weight is 254 g/mol. The second kappa shape index (κ2) is 6.80. The molecule has 0 atom stereocenters. The molecule has 1 aromatic heterocycles. The number of hydrogen-bond donors (Lipinski definition) is 2. The van der Waals surface area contributed by atoms with Gasteiger partial charge in [0.1, 0.15) is 12.2 Å². The Morgan fingerprint density at radius 1 is 1.39 bits per heavy atom. The number of amides is 1. The highest BCUT2D eigenvalue weighted by atomic mass is 16.4. The third kappa shape index (κ3) is 3.59. The lowest BCUT2D eigenvalue weighted by Gasteiger charge is -2.21. The number of aromatic carboxylic acids is 1. The number of hydrogen-bond acceptors (Lipinski definition) is 3. The van der Waals surface area contributed by atoms with E-state index in [0.29, 0.717) is 6.54 Å². The van der Waals surface area contributed by atoms with Crippen molar-refractivity contribution in [3.05, 3.63) is 24.0 Å². The molecular formula is C12H18N2O4. The van der Waals surface area contributed by atoms with Gasteiger partial charge in [-0.1, -0.05) is 6.92 Å². The molecule has 18 heavy (non-hydrogen) atoms. The number of aliphatic hydroxyl groups excluding tert-OH is 1. The van der Waals surface area contributed by atoms with Crippen LogP contribution in [-0.2, 0) is 11.3 Å². The Bertz CT molecular complexity index is 408. The molecule has 0 aliphatic heterocycles. The van der Waals surface area contributed by atoms with Gasteiger partial charge in [0, 0.05) is 19.3 Å². The summed E-state index contributed by atoms with van der Waals surface area (Å²) in [6.07, 6.45) is 2.35. The largest absolute Gasteiger partial charge is 0.477 e. The summed E-state index contributed by atoms with van der Waals surface area (Å²) in [4.78, 5) is 24.4. The first-order valence-corrected chi connectivity index (χ1v) is 5.87. The Labute approximate surface area is 105 Å². The number of carboxylic acid groups (broad SMARTS) is 1. The predicted octanol–water partition coefficient (Wildman–Crippen LogP) is 0.417. The zero-order valence-electron chi connectivity index (χ0n) is 10.4. The van der Waals surface area contributed by atoms with Crippen LogP contribution in [0, 0.1) is 0 Å². The van der Waals surface area contributed by atoms with Crippen molar-refractivity contribution in [3.63, 3.8) is 0 Å². The summed E-state index contributed by atoms with van der Waals surface area (Å²) < 4.78 is 1.39. The number of rotatable bonds is 7. The molecule has 0 aliphatic rings. The first kappa shape index (κ1) is 14.2. The Morgan fingerprint density at radius 2 is 2.11 bits per heavy atom. The summed E-state index contributed by atoms with van der Waals surface area (Å²) in [5, 5.41) is 17.8. The van der Waals surface area contributed by atoms with Crippen LogP contribution in [-0.4, -0.2) is 51.3 Å². The first-order chi connectivity index (χ1) is 8.60. The molecule has 0 bridgehead atoms. The molecular weight excluding hydrogens is 236 g/mol. The van der Waals surface area contributed by atoms with Crippen molar-refractivity contribution in [3.8, 4) is 0 Å². The molecule has 0 aromatic carbocycles. The number of nitrogens with zero attached hydrogens (tertiary/aromatic N) is 2. The summed E-state index contributed by atoms with van der Waals surface area (Å²) in [5.74, 6) is -1.25. The number of aliphatic hydroxyl groups is 1. The highest BCUT2D eigenvalue weighted by Gasteiger charge is 2.16. The highest BCUT2D eigenvalue weighted by molar-refractivity contribution is 5.86. The zero-order valence-corrected chi connectivity index (χ0v) is 10.4. The molecule has 0 spiro atoms. The fraction of sp³-hybridized carbons (Fsp3) is 0.500. The van der Waals surface area contributed by atoms with Crippen molar-refractivity contribution >= 4 is 11.9 Å². The van der Waals surface area contributed by atoms with E-state index < -0.39 is 5.97 Å². The van der Waals surface area contributed by atoms with Crippen molar-refractivity contribution < 1.29 is 19.8 Å². The van der Waals surface area contributed by atoms with Gasteiger partial charge in [-0.05, 0) is 18.6 Å². The lowest BCUT2D eigenvalue weighted by atomic mass is 10.3. The third-order valence-electron chi connectivity index (χ3n) is 2.57. The second-order valence-corrected chi connectivity index (χ2v) is 3.93. The van der Waals surface area contributed by atoms with Gasteiger partial charge in [-0.25, -0.2) is 4.79 Å². The Balaban J connectivity index is 2.72. The number of carbonyl (C=O) groups is 2. The Hall–Kier alpha value is -1.82. The van der Waals surface area contributed by atoms with E-state index in [9.17, 15) is 9.59 Å². The molecule has 1 aromatic rings. The number of aromatic nitrogens is 1. The number of carboxylic acids is 1. The molecule has 0 radical (unpaired) electrons. The van der Waals surface area contributed by atoms with Crippen LogP contribution in [0.5, 0.6) is 0 Å². The molecule has 1 amide bonds. The highest BCUT2D eigenvalue weighted by Crippen LogP contribution is 2.04. The van der Waals surface area contributed by atoms with Crippen LogP contribution in [0.4, 0.5) is 0 Å². The summed E-state index contributed by atoms with van der Waals surface area (Å²) in [6, 6.07) is 3.04. The number of carbonyl (C=O) groups excluding carboxylic acids is 1. The molecule has 0 fully saturated rings. The van der Waals surface area contributed by atoms with Gasteiger partial charge in [-0.15, -0.1) is 0 Å². The summed E-state index contributed by atoms with van der Waals surface area (Å²) >= 11 is 0. The minimum absolute atomic E-state index is 0.0192. The van der Waals surface area contributed by atoms with E-state index in [2.05, 4.69) is 0 Å². The van der Waals surface area contributed by atoms with Gasteiger partial charge in [0.2, 0.25) is 5.91 Å². The van der Waals surface area contributed by atoms with Crippen LogP contribution in [0.25, 0.3) is 0 Å². The Morgan fingerprint density at radius 3 is 2.67 bits per heavy atom. The fourth-order valence-corrected chi connectivity index (χ4v) is 1.74. The molecule has 0 aliphatic carbocycles. The monoisotopic (exact) mass is 254 g/mol. The average Bonchev–Trinajstić information content (AvgIpc) is 2.77. The van der Waals surface area contributed by atoms with Crippen LogP contribution in [0.3, 0.4) is 0 Å². The van der Waals surface area contributed by atoms with E-state index in [0.717, 1.165) is 6.42 Å². The van der Waals surface area contributed by atoms with E-state index in [1.165, 1.54) is 15.5 Å². The normalized spacial score (nSPS) is 10.3. The van der Waals surface area contributed by atoms with Crippen molar-refractivity contribution in [2.45, 2.75) is 19.9 Å². The summed E-state index contributed by atoms with van der Waals surface area (Å²) in [6.45, 7) is 2.66. The maximum atomic E-state index is 12.0. The molecule has 1 rings (SSSR count). The lowest BCUT2D eigenvalue weighted by molar-refractivity contribution is -0.132. The van der Waals surface area contributed by atoms with Gasteiger partial charge in [0.15, 0.2) is 0 Å². The molecule has 100 valence electrons. The van der Waals surface area contributed by atoms with Crippen LogP contribution in [0.1, 0.15) is 23.8 Å². The van der Waals surface area contributed by atoms with E-state index in [1.807, 2.05) is 6.92 Å². The minimum Gasteiger partial charge on any atom is -0.477 e. The van der Waals surface area contributed by atoms with E-state index in [-0.39, 0.29) is 31.3 Å². The molecule has 6 heteroatoms. The van der Waals surface area contributed by atoms with Crippen molar-refractivity contribution in [1.29, 1.82) is 0 Å². The maximum Gasteiger partial charge on any atom is 0.352 e. The van der Waals surface area contributed by atoms with Gasteiger partial charge in [-0.3, -0.25) is 4.79 Å². The van der Waals surface area contributed by atoms with Crippen LogP contribution < -0.4 is 0 Å². The Kier molecular flexibility index (Phi) is 5.38. The molecule has 6 nitrogen and oxygen atoms in total. The van der Waals surface area contributed by atoms with Crippen LogP contribution in [0.15, 0.2) is 18.3 Å². The standard InChI is InChI=1S/C12H18N2O4/c1-2-5-13(7-8-15)11(16)9-14-6-3-4-10(14)12(17)18/h3-4,6,15H,2,5,7-9H2,1H3,(H,17,18). The SMILES string of the molecule is CCCN(CCO)C(=O)Cn1cccc1C(=O)O. The van der Waals surface area contributed by atoms with Crippen LogP contribution in [0.2, 0.25) is 0 Å². The quantitative estimate of drug-likeness (QED) is 0.738. The van der Waals surface area contributed by atoms with Crippen molar-refractivity contribution in [2.24, 2.45) is 0 Å². The van der Waals surface area contributed by atoms with Crippen molar-refractivity contribution in [2.75, 3.05) is 19.7 Å². The summed E-state index contributed by atoms with van der Waals surface area (Å²) in [5.41, 5.74) is 0.0868. The van der Waals surface area contributed by atoms with E-state index in [1.54, 1.807) is 12.3 Å². The van der Waals surface area contributed by atoms with E-state index in [4.69, 9.17) is 10.2 Å². The lowest BCUT2D eigenvalue weighted by Crippen LogP contribution is -2.37. The maximum absolute atomic E-state index is 12.0. The first-order valence-electron chi connectivity index (χ1n) is 5.87. The minimum atomic E-state index is -1.06. The smallest absolute Gasteiger partial charge is 0.352 e. The zero-order chi connectivity index (χ0) is 13.5. The third-order valence-corrected chi connectivity index (χ3v) is 2.57. The van der Waals surface area contributed by atoms with E-state index >= 15 is 0 Å². The van der Waals surface area contributed by atoms with Gasteiger partial charge >= 0.3 is 5.97 Å². The topological polar surface area (TPSA) is 82.8 Å². The molecule has 0 saturated heterocycles.